The molecule has 6 heteroatoms. The average Bonchev–Trinajstić information content (AvgIpc) is 2.98. The molecule has 0 spiro atoms. The topological polar surface area (TPSA) is 46.0 Å². The van der Waals surface area contributed by atoms with Crippen molar-refractivity contribution in [2.45, 2.75) is 19.5 Å². The molecule has 0 aliphatic carbocycles. The highest BCUT2D eigenvalue weighted by Crippen LogP contribution is 2.23. The van der Waals surface area contributed by atoms with Crippen LogP contribution in [0, 0.1) is 0 Å². The number of thiazole rings is 1. The standard InChI is InChI=1S/C12H19N5S/c1-9(13-2)10-8-18-12(15-10)17(4)7-11-14-5-6-16(11)3/h5-6,8-9,13H,7H2,1-4H3. The summed E-state index contributed by atoms with van der Waals surface area (Å²) >= 11 is 1.67. The molecule has 18 heavy (non-hydrogen) atoms. The third-order valence-electron chi connectivity index (χ3n) is 3.01. The van der Waals surface area contributed by atoms with Crippen molar-refractivity contribution >= 4 is 16.5 Å². The predicted octanol–water partition coefficient (Wildman–Crippen LogP) is 1.79. The molecule has 0 bridgehead atoms. The molecule has 0 amide bonds. The van der Waals surface area contributed by atoms with Crippen LogP contribution in [0.3, 0.4) is 0 Å². The number of imidazole rings is 1. The molecule has 98 valence electrons. The second-order valence-corrected chi connectivity index (χ2v) is 5.21. The highest BCUT2D eigenvalue weighted by atomic mass is 32.1. The molecule has 2 rings (SSSR count). The van der Waals surface area contributed by atoms with Gasteiger partial charge in [0.1, 0.15) is 5.82 Å². The first kappa shape index (κ1) is 13.0. The molecule has 2 aromatic heterocycles. The van der Waals surface area contributed by atoms with Crippen LogP contribution in [0.5, 0.6) is 0 Å². The van der Waals surface area contributed by atoms with Gasteiger partial charge in [-0.2, -0.15) is 0 Å². The van der Waals surface area contributed by atoms with Crippen LogP contribution < -0.4 is 10.2 Å². The summed E-state index contributed by atoms with van der Waals surface area (Å²) < 4.78 is 2.03. The quantitative estimate of drug-likeness (QED) is 0.895. The van der Waals surface area contributed by atoms with Crippen molar-refractivity contribution in [2.24, 2.45) is 7.05 Å². The van der Waals surface area contributed by atoms with E-state index in [1.54, 1.807) is 11.3 Å². The Morgan fingerprint density at radius 2 is 2.33 bits per heavy atom. The molecule has 0 aliphatic rings. The maximum absolute atomic E-state index is 4.64. The molecule has 1 atom stereocenters. The van der Waals surface area contributed by atoms with Crippen molar-refractivity contribution in [1.29, 1.82) is 0 Å². The first-order valence-electron chi connectivity index (χ1n) is 5.92. The van der Waals surface area contributed by atoms with Gasteiger partial charge in [-0.15, -0.1) is 11.3 Å². The van der Waals surface area contributed by atoms with Crippen molar-refractivity contribution in [3.8, 4) is 0 Å². The minimum absolute atomic E-state index is 0.288. The Kier molecular flexibility index (Phi) is 3.98. The van der Waals surface area contributed by atoms with Crippen LogP contribution in [0.2, 0.25) is 0 Å². The summed E-state index contributed by atoms with van der Waals surface area (Å²) in [6, 6.07) is 0.288. The number of aryl methyl sites for hydroxylation is 1. The van der Waals surface area contributed by atoms with Gasteiger partial charge in [-0.25, -0.2) is 9.97 Å². The second kappa shape index (κ2) is 5.49. The molecule has 2 heterocycles. The molecule has 0 saturated heterocycles. The van der Waals surface area contributed by atoms with Crippen LogP contribution in [-0.2, 0) is 13.6 Å². The van der Waals surface area contributed by atoms with Gasteiger partial charge >= 0.3 is 0 Å². The van der Waals surface area contributed by atoms with Gasteiger partial charge in [-0.3, -0.25) is 0 Å². The number of hydrogen-bond acceptors (Lipinski definition) is 5. The third kappa shape index (κ3) is 2.70. The van der Waals surface area contributed by atoms with Crippen LogP contribution in [0.25, 0.3) is 0 Å². The van der Waals surface area contributed by atoms with Crippen molar-refractivity contribution in [3.63, 3.8) is 0 Å². The van der Waals surface area contributed by atoms with Gasteiger partial charge in [0.05, 0.1) is 12.2 Å². The molecule has 1 unspecified atom stereocenters. The number of anilines is 1. The first-order chi connectivity index (χ1) is 8.61. The summed E-state index contributed by atoms with van der Waals surface area (Å²) in [6.45, 7) is 2.88. The summed E-state index contributed by atoms with van der Waals surface area (Å²) in [5.41, 5.74) is 1.09. The van der Waals surface area contributed by atoms with E-state index in [1.807, 2.05) is 38.1 Å². The Morgan fingerprint density at radius 3 is 2.94 bits per heavy atom. The Morgan fingerprint density at radius 1 is 1.56 bits per heavy atom. The average molecular weight is 265 g/mol. The van der Waals surface area contributed by atoms with Crippen LogP contribution >= 0.6 is 11.3 Å². The van der Waals surface area contributed by atoms with E-state index < -0.39 is 0 Å². The summed E-state index contributed by atoms with van der Waals surface area (Å²) in [7, 11) is 6.00. The summed E-state index contributed by atoms with van der Waals surface area (Å²) in [5.74, 6) is 1.04. The number of rotatable bonds is 5. The number of nitrogens with one attached hydrogen (secondary N) is 1. The zero-order valence-corrected chi connectivity index (χ0v) is 12.0. The summed E-state index contributed by atoms with van der Waals surface area (Å²) in [4.78, 5) is 11.1. The zero-order valence-electron chi connectivity index (χ0n) is 11.2. The van der Waals surface area contributed by atoms with Crippen molar-refractivity contribution in [3.05, 3.63) is 29.3 Å². The van der Waals surface area contributed by atoms with E-state index in [0.717, 1.165) is 23.2 Å². The van der Waals surface area contributed by atoms with Gasteiger partial charge in [0.15, 0.2) is 5.13 Å². The lowest BCUT2D eigenvalue weighted by Crippen LogP contribution is -2.19. The lowest BCUT2D eigenvalue weighted by molar-refractivity contribution is 0.635. The highest BCUT2D eigenvalue weighted by Gasteiger charge is 2.12. The molecule has 0 aromatic carbocycles. The molecular weight excluding hydrogens is 246 g/mol. The van der Waals surface area contributed by atoms with Crippen molar-refractivity contribution < 1.29 is 0 Å². The Hall–Kier alpha value is -1.40. The van der Waals surface area contributed by atoms with Gasteiger partial charge in [0, 0.05) is 37.9 Å². The molecule has 0 radical (unpaired) electrons. The van der Waals surface area contributed by atoms with E-state index in [-0.39, 0.29) is 6.04 Å². The first-order valence-corrected chi connectivity index (χ1v) is 6.79. The van der Waals surface area contributed by atoms with Gasteiger partial charge in [0.25, 0.3) is 0 Å². The van der Waals surface area contributed by atoms with Crippen molar-refractivity contribution in [2.75, 3.05) is 19.0 Å². The Balaban J connectivity index is 2.07. The maximum Gasteiger partial charge on any atom is 0.185 e. The number of hydrogen-bond donors (Lipinski definition) is 1. The highest BCUT2D eigenvalue weighted by molar-refractivity contribution is 7.13. The van der Waals surface area contributed by atoms with Gasteiger partial charge < -0.3 is 14.8 Å². The molecule has 0 saturated carbocycles. The van der Waals surface area contributed by atoms with Crippen LogP contribution in [-0.4, -0.2) is 28.6 Å². The SMILES string of the molecule is CNC(C)c1csc(N(C)Cc2nccn2C)n1. The summed E-state index contributed by atoms with van der Waals surface area (Å²) in [6.07, 6.45) is 3.78. The van der Waals surface area contributed by atoms with Crippen LogP contribution in [0.15, 0.2) is 17.8 Å². The molecular formula is C12H19N5S. The van der Waals surface area contributed by atoms with Crippen LogP contribution in [0.1, 0.15) is 24.5 Å². The fourth-order valence-electron chi connectivity index (χ4n) is 1.63. The smallest absolute Gasteiger partial charge is 0.185 e. The second-order valence-electron chi connectivity index (χ2n) is 4.38. The largest absolute Gasteiger partial charge is 0.344 e. The van der Waals surface area contributed by atoms with E-state index in [9.17, 15) is 0 Å². The van der Waals surface area contributed by atoms with E-state index >= 15 is 0 Å². The fraction of sp³-hybridized carbons (Fsp3) is 0.500. The van der Waals surface area contributed by atoms with Gasteiger partial charge in [0.2, 0.25) is 0 Å². The van der Waals surface area contributed by atoms with E-state index in [2.05, 4.69) is 32.5 Å². The van der Waals surface area contributed by atoms with Crippen LogP contribution in [0.4, 0.5) is 5.13 Å². The Bertz CT molecular complexity index is 504. The monoisotopic (exact) mass is 265 g/mol. The zero-order chi connectivity index (χ0) is 13.1. The number of nitrogens with zero attached hydrogens (tertiary/aromatic N) is 4. The predicted molar refractivity (Wildman–Crippen MR) is 74.9 cm³/mol. The van der Waals surface area contributed by atoms with E-state index in [0.29, 0.717) is 0 Å². The van der Waals surface area contributed by atoms with E-state index in [1.165, 1.54) is 0 Å². The Labute approximate surface area is 111 Å². The lowest BCUT2D eigenvalue weighted by atomic mass is 10.3. The van der Waals surface area contributed by atoms with E-state index in [4.69, 9.17) is 0 Å². The summed E-state index contributed by atoms with van der Waals surface area (Å²) in [5, 5.41) is 6.32. The molecule has 2 aromatic rings. The molecule has 1 N–H and O–H groups in total. The third-order valence-corrected chi connectivity index (χ3v) is 3.99. The molecule has 5 nitrogen and oxygen atoms in total. The van der Waals surface area contributed by atoms with Gasteiger partial charge in [-0.1, -0.05) is 0 Å². The maximum atomic E-state index is 4.64. The fourth-order valence-corrected chi connectivity index (χ4v) is 2.51. The minimum Gasteiger partial charge on any atom is -0.344 e. The minimum atomic E-state index is 0.288. The normalized spacial score (nSPS) is 12.7. The van der Waals surface area contributed by atoms with Crippen molar-refractivity contribution in [1.82, 2.24) is 19.9 Å². The lowest BCUT2D eigenvalue weighted by Gasteiger charge is -2.15. The molecule has 0 aliphatic heterocycles. The number of aromatic nitrogens is 3. The molecule has 0 fully saturated rings. The van der Waals surface area contributed by atoms with Gasteiger partial charge in [-0.05, 0) is 14.0 Å².